The molecule has 0 atom stereocenters. The summed E-state index contributed by atoms with van der Waals surface area (Å²) in [5.41, 5.74) is 0.0483. The normalized spacial score (nSPS) is 11.1. The lowest BCUT2D eigenvalue weighted by Crippen LogP contribution is -2.36. The Labute approximate surface area is 128 Å². The van der Waals surface area contributed by atoms with Gasteiger partial charge in [-0.05, 0) is 24.5 Å². The van der Waals surface area contributed by atoms with Crippen LogP contribution in [-0.4, -0.2) is 37.5 Å². The van der Waals surface area contributed by atoms with Crippen LogP contribution in [0.5, 0.6) is 0 Å². The Morgan fingerprint density at radius 1 is 1.38 bits per heavy atom. The van der Waals surface area contributed by atoms with Crippen LogP contribution in [0.25, 0.3) is 0 Å². The molecule has 0 saturated heterocycles. The molecule has 1 amide bonds. The van der Waals surface area contributed by atoms with Gasteiger partial charge in [0.25, 0.3) is 5.91 Å². The SMILES string of the molecule is CSc1ccc(Cl)c(C(=O)OCC(=O)NCC(F)(F)F)c1. The minimum absolute atomic E-state index is 0.0483. The van der Waals surface area contributed by atoms with E-state index in [2.05, 4.69) is 4.74 Å². The van der Waals surface area contributed by atoms with Gasteiger partial charge in [0.05, 0.1) is 10.6 Å². The first-order valence-corrected chi connectivity index (χ1v) is 7.17. The molecule has 0 unspecified atom stereocenters. The summed E-state index contributed by atoms with van der Waals surface area (Å²) in [5, 5.41) is 1.72. The molecule has 0 fully saturated rings. The number of nitrogens with one attached hydrogen (secondary N) is 1. The fraction of sp³-hybridized carbons (Fsp3) is 0.333. The number of thioether (sulfide) groups is 1. The highest BCUT2D eigenvalue weighted by atomic mass is 35.5. The summed E-state index contributed by atoms with van der Waals surface area (Å²) < 4.78 is 40.2. The Hall–Kier alpha value is -1.41. The largest absolute Gasteiger partial charge is 0.452 e. The maximum absolute atomic E-state index is 11.9. The molecule has 0 aromatic heterocycles. The smallest absolute Gasteiger partial charge is 0.405 e. The van der Waals surface area contributed by atoms with E-state index in [9.17, 15) is 22.8 Å². The van der Waals surface area contributed by atoms with Gasteiger partial charge in [-0.1, -0.05) is 11.6 Å². The van der Waals surface area contributed by atoms with Crippen molar-refractivity contribution in [3.63, 3.8) is 0 Å². The molecule has 21 heavy (non-hydrogen) atoms. The van der Waals surface area contributed by atoms with E-state index in [1.54, 1.807) is 17.6 Å². The molecular formula is C12H11ClF3NO3S. The predicted molar refractivity (Wildman–Crippen MR) is 72.6 cm³/mol. The Morgan fingerprint density at radius 2 is 2.05 bits per heavy atom. The van der Waals surface area contributed by atoms with Gasteiger partial charge in [-0.25, -0.2) is 4.79 Å². The molecule has 1 aromatic carbocycles. The van der Waals surface area contributed by atoms with E-state index in [1.165, 1.54) is 23.9 Å². The van der Waals surface area contributed by atoms with Crippen LogP contribution in [0.3, 0.4) is 0 Å². The van der Waals surface area contributed by atoms with E-state index in [0.717, 1.165) is 4.90 Å². The lowest BCUT2D eigenvalue weighted by Gasteiger charge is -2.09. The molecule has 1 N–H and O–H groups in total. The molecule has 116 valence electrons. The molecular weight excluding hydrogens is 331 g/mol. The molecule has 0 aliphatic carbocycles. The molecule has 1 aromatic rings. The van der Waals surface area contributed by atoms with Crippen molar-refractivity contribution in [1.82, 2.24) is 5.32 Å². The van der Waals surface area contributed by atoms with Crippen LogP contribution in [-0.2, 0) is 9.53 Å². The van der Waals surface area contributed by atoms with Gasteiger partial charge in [0, 0.05) is 4.90 Å². The van der Waals surface area contributed by atoms with Crippen LogP contribution in [0.2, 0.25) is 5.02 Å². The van der Waals surface area contributed by atoms with E-state index in [4.69, 9.17) is 11.6 Å². The van der Waals surface area contributed by atoms with Crippen molar-refractivity contribution in [2.45, 2.75) is 11.1 Å². The topological polar surface area (TPSA) is 55.4 Å². The van der Waals surface area contributed by atoms with Gasteiger partial charge < -0.3 is 10.1 Å². The van der Waals surface area contributed by atoms with E-state index in [0.29, 0.717) is 0 Å². The third-order valence-corrected chi connectivity index (χ3v) is 3.27. The van der Waals surface area contributed by atoms with Crippen molar-refractivity contribution in [1.29, 1.82) is 0 Å². The zero-order valence-corrected chi connectivity index (χ0v) is 12.4. The second-order valence-electron chi connectivity index (χ2n) is 3.81. The summed E-state index contributed by atoms with van der Waals surface area (Å²) in [6, 6.07) is 4.66. The van der Waals surface area contributed by atoms with Gasteiger partial charge >= 0.3 is 12.1 Å². The molecule has 0 radical (unpaired) electrons. The summed E-state index contributed by atoms with van der Waals surface area (Å²) in [4.78, 5) is 23.6. The van der Waals surface area contributed by atoms with E-state index in [-0.39, 0.29) is 10.6 Å². The fourth-order valence-corrected chi connectivity index (χ4v) is 1.88. The highest BCUT2D eigenvalue weighted by Gasteiger charge is 2.27. The number of ether oxygens (including phenoxy) is 1. The minimum Gasteiger partial charge on any atom is -0.452 e. The lowest BCUT2D eigenvalue weighted by molar-refractivity contribution is -0.140. The number of halogens is 4. The van der Waals surface area contributed by atoms with Crippen molar-refractivity contribution in [2.24, 2.45) is 0 Å². The number of alkyl halides is 3. The quantitative estimate of drug-likeness (QED) is 0.661. The fourth-order valence-electron chi connectivity index (χ4n) is 1.25. The Balaban J connectivity index is 2.56. The van der Waals surface area contributed by atoms with E-state index >= 15 is 0 Å². The summed E-state index contributed by atoms with van der Waals surface area (Å²) >= 11 is 7.20. The van der Waals surface area contributed by atoms with Crippen LogP contribution < -0.4 is 5.32 Å². The lowest BCUT2D eigenvalue weighted by atomic mass is 10.2. The zero-order chi connectivity index (χ0) is 16.0. The van der Waals surface area contributed by atoms with Crippen LogP contribution in [0, 0.1) is 0 Å². The molecule has 0 spiro atoms. The summed E-state index contributed by atoms with van der Waals surface area (Å²) in [7, 11) is 0. The van der Waals surface area contributed by atoms with Crippen molar-refractivity contribution in [3.8, 4) is 0 Å². The number of benzene rings is 1. The van der Waals surface area contributed by atoms with Crippen LogP contribution in [0.15, 0.2) is 23.1 Å². The van der Waals surface area contributed by atoms with Crippen molar-refractivity contribution in [2.75, 3.05) is 19.4 Å². The molecule has 9 heteroatoms. The van der Waals surface area contributed by atoms with Gasteiger partial charge in [0.1, 0.15) is 6.54 Å². The Kier molecular flexibility index (Phi) is 6.35. The number of carbonyl (C=O) groups is 2. The maximum Gasteiger partial charge on any atom is 0.405 e. The number of amides is 1. The molecule has 0 aliphatic heterocycles. The summed E-state index contributed by atoms with van der Waals surface area (Å²) in [6.07, 6.45) is -2.72. The van der Waals surface area contributed by atoms with E-state index in [1.807, 2.05) is 0 Å². The maximum atomic E-state index is 11.9. The first-order chi connectivity index (χ1) is 9.73. The average Bonchev–Trinajstić information content (AvgIpc) is 2.42. The van der Waals surface area contributed by atoms with Crippen molar-refractivity contribution < 1.29 is 27.5 Å². The third-order valence-electron chi connectivity index (χ3n) is 2.21. The standard InChI is InChI=1S/C12H11ClF3NO3S/c1-21-7-2-3-9(13)8(4-7)11(19)20-5-10(18)17-6-12(14,15)16/h2-4H,5-6H2,1H3,(H,17,18). The summed E-state index contributed by atoms with van der Waals surface area (Å²) in [6.45, 7) is -2.29. The molecule has 4 nitrogen and oxygen atoms in total. The molecule has 0 aliphatic rings. The molecule has 0 saturated carbocycles. The van der Waals surface area contributed by atoms with Gasteiger partial charge in [-0.3, -0.25) is 4.79 Å². The molecule has 1 rings (SSSR count). The molecule has 0 bridgehead atoms. The number of hydrogen-bond donors (Lipinski definition) is 1. The number of esters is 1. The van der Waals surface area contributed by atoms with Crippen molar-refractivity contribution in [3.05, 3.63) is 28.8 Å². The van der Waals surface area contributed by atoms with Crippen molar-refractivity contribution >= 4 is 35.2 Å². The predicted octanol–water partition coefficient (Wildman–Crippen LogP) is 2.90. The minimum atomic E-state index is -4.52. The van der Waals surface area contributed by atoms with Crippen LogP contribution in [0.4, 0.5) is 13.2 Å². The van der Waals surface area contributed by atoms with Crippen LogP contribution in [0.1, 0.15) is 10.4 Å². The first kappa shape index (κ1) is 17.6. The van der Waals surface area contributed by atoms with Gasteiger partial charge in [-0.2, -0.15) is 13.2 Å². The van der Waals surface area contributed by atoms with Gasteiger partial charge in [-0.15, -0.1) is 11.8 Å². The number of rotatable bonds is 5. The van der Waals surface area contributed by atoms with Crippen LogP contribution >= 0.6 is 23.4 Å². The highest BCUT2D eigenvalue weighted by molar-refractivity contribution is 7.98. The number of carbonyl (C=O) groups excluding carboxylic acids is 2. The first-order valence-electron chi connectivity index (χ1n) is 5.57. The second-order valence-corrected chi connectivity index (χ2v) is 5.10. The molecule has 0 heterocycles. The third kappa shape index (κ3) is 6.26. The Morgan fingerprint density at radius 3 is 2.62 bits per heavy atom. The van der Waals surface area contributed by atoms with Gasteiger partial charge in [0.2, 0.25) is 0 Å². The second kappa shape index (κ2) is 7.56. The van der Waals surface area contributed by atoms with Gasteiger partial charge in [0.15, 0.2) is 6.61 Å². The average molecular weight is 342 g/mol. The summed E-state index contributed by atoms with van der Waals surface area (Å²) in [5.74, 6) is -1.92. The zero-order valence-electron chi connectivity index (χ0n) is 10.8. The highest BCUT2D eigenvalue weighted by Crippen LogP contribution is 2.23. The van der Waals surface area contributed by atoms with E-state index < -0.39 is 31.2 Å². The Bertz CT molecular complexity index is 537. The number of hydrogen-bond acceptors (Lipinski definition) is 4. The monoisotopic (exact) mass is 341 g/mol.